The number of likely N-dealkylation sites (N-methyl/N-ethyl adjacent to an activating group) is 1. The van der Waals surface area contributed by atoms with Crippen LogP contribution in [0.1, 0.15) is 123 Å². The average molecular weight is 1010 g/mol. The molecule has 0 aromatic carbocycles. The van der Waals surface area contributed by atoms with Gasteiger partial charge in [-0.1, -0.05) is 0 Å². The van der Waals surface area contributed by atoms with E-state index in [1.165, 1.54) is 14.0 Å². The predicted molar refractivity (Wildman–Crippen MR) is 248 cm³/mol. The number of hydrogen-bond donors (Lipinski definition) is 9. The van der Waals surface area contributed by atoms with Crippen molar-refractivity contribution < 1.29 is 86.7 Å². The van der Waals surface area contributed by atoms with Gasteiger partial charge in [0.25, 0.3) is 5.91 Å². The maximum atomic E-state index is 14.6. The molecule has 3 aliphatic heterocycles. The highest BCUT2D eigenvalue weighted by atomic mass is 16.7. The molecule has 0 radical (unpaired) electrons. The minimum Gasteiger partial charge on any atom is -0.444 e. The number of nitrogens with one attached hydrogen (secondary N) is 6. The summed E-state index contributed by atoms with van der Waals surface area (Å²) in [6.45, 7) is 24.3. The summed E-state index contributed by atoms with van der Waals surface area (Å²) in [6.07, 6.45) is -14.4. The molecule has 0 aromatic heterocycles. The van der Waals surface area contributed by atoms with Crippen LogP contribution in [-0.4, -0.2) is 186 Å². The minimum absolute atomic E-state index is 0.0389. The molecule has 9 N–H and O–H groups in total. The Balaban J connectivity index is 1.77. The number of amides is 5. The summed E-state index contributed by atoms with van der Waals surface area (Å²) >= 11 is 0. The molecule has 4 rings (SSSR count). The summed E-state index contributed by atoms with van der Waals surface area (Å²) in [5.41, 5.74) is -5.10. The van der Waals surface area contributed by atoms with Gasteiger partial charge in [-0.3, -0.25) is 4.79 Å². The first-order chi connectivity index (χ1) is 31.9. The molecular weight excluding hydrogens is 925 g/mol. The largest absolute Gasteiger partial charge is 0.444 e. The van der Waals surface area contributed by atoms with Gasteiger partial charge in [-0.15, -0.1) is 0 Å². The molecule has 6 unspecified atom stereocenters. The van der Waals surface area contributed by atoms with Crippen molar-refractivity contribution in [2.45, 2.75) is 236 Å². The van der Waals surface area contributed by atoms with E-state index in [4.69, 9.17) is 47.4 Å². The number of ether oxygens (including phenoxy) is 10. The van der Waals surface area contributed by atoms with Crippen molar-refractivity contribution in [3.63, 3.8) is 0 Å². The summed E-state index contributed by atoms with van der Waals surface area (Å²) in [7, 11) is 1.53. The van der Waals surface area contributed by atoms with Crippen LogP contribution in [0.15, 0.2) is 0 Å². The lowest BCUT2D eigenvalue weighted by atomic mass is 9.82. The second kappa shape index (κ2) is 22.9. The van der Waals surface area contributed by atoms with Gasteiger partial charge in [0.1, 0.15) is 52.4 Å². The third kappa shape index (κ3) is 18.0. The zero-order chi connectivity index (χ0) is 52.9. The third-order valence-electron chi connectivity index (χ3n) is 11.1. The summed E-state index contributed by atoms with van der Waals surface area (Å²) < 4.78 is 59.3. The van der Waals surface area contributed by atoms with E-state index in [1.807, 2.05) is 0 Å². The average Bonchev–Trinajstić information content (AvgIpc) is 3.16. The van der Waals surface area contributed by atoms with E-state index >= 15 is 0 Å². The van der Waals surface area contributed by atoms with Crippen molar-refractivity contribution in [1.29, 1.82) is 0 Å². The van der Waals surface area contributed by atoms with E-state index in [0.29, 0.717) is 6.42 Å². The third-order valence-corrected chi connectivity index (χ3v) is 11.1. The number of aliphatic hydroxyl groups is 3. The lowest BCUT2D eigenvalue weighted by Gasteiger charge is -2.50. The number of carbonyl (C=O) groups excluding carboxylic acids is 5. The molecule has 3 heterocycles. The van der Waals surface area contributed by atoms with E-state index in [9.17, 15) is 39.3 Å². The number of carbonyl (C=O) groups is 5. The van der Waals surface area contributed by atoms with E-state index in [1.54, 1.807) is 96.9 Å². The maximum absolute atomic E-state index is 14.6. The molecule has 1 aliphatic carbocycles. The van der Waals surface area contributed by atoms with Crippen molar-refractivity contribution in [1.82, 2.24) is 31.9 Å². The fourth-order valence-corrected chi connectivity index (χ4v) is 8.29. The van der Waals surface area contributed by atoms with Crippen molar-refractivity contribution >= 4 is 30.3 Å². The number of rotatable bonds is 12. The fourth-order valence-electron chi connectivity index (χ4n) is 8.29. The zero-order valence-corrected chi connectivity index (χ0v) is 43.7. The smallest absolute Gasteiger partial charge is 0.408 e. The second-order valence-electron chi connectivity index (χ2n) is 22.9. The van der Waals surface area contributed by atoms with Gasteiger partial charge in [-0.2, -0.15) is 0 Å². The van der Waals surface area contributed by atoms with Gasteiger partial charge < -0.3 is 94.6 Å². The molecular formula is C46H82N6O18. The molecule has 4 aliphatic rings. The molecule has 5 amide bonds. The molecule has 404 valence electrons. The van der Waals surface area contributed by atoms with Gasteiger partial charge in [0.2, 0.25) is 0 Å². The van der Waals surface area contributed by atoms with Crippen LogP contribution in [0.5, 0.6) is 0 Å². The molecule has 0 bridgehead atoms. The monoisotopic (exact) mass is 1010 g/mol. The molecule has 3 saturated heterocycles. The molecule has 70 heavy (non-hydrogen) atoms. The molecule has 14 atom stereocenters. The van der Waals surface area contributed by atoms with Gasteiger partial charge in [0, 0.05) is 6.54 Å². The Bertz CT molecular complexity index is 1790. The van der Waals surface area contributed by atoms with Gasteiger partial charge >= 0.3 is 24.4 Å². The molecule has 0 aromatic rings. The number of aliphatic hydroxyl groups excluding tert-OH is 2. The summed E-state index contributed by atoms with van der Waals surface area (Å²) in [5.74, 6) is -2.10. The summed E-state index contributed by atoms with van der Waals surface area (Å²) in [6, 6.07) is -5.50. The van der Waals surface area contributed by atoms with Gasteiger partial charge in [-0.05, 0) is 130 Å². The summed E-state index contributed by atoms with van der Waals surface area (Å²) in [4.78, 5) is 67.2. The highest BCUT2D eigenvalue weighted by Gasteiger charge is 2.54. The van der Waals surface area contributed by atoms with Crippen molar-refractivity contribution in [2.75, 3.05) is 26.8 Å². The molecule has 24 nitrogen and oxygen atoms in total. The maximum Gasteiger partial charge on any atom is 0.408 e. The molecule has 24 heteroatoms. The van der Waals surface area contributed by atoms with E-state index < -0.39 is 143 Å². The Labute approximate surface area is 411 Å². The Morgan fingerprint density at radius 3 is 1.61 bits per heavy atom. The van der Waals surface area contributed by atoms with Crippen LogP contribution < -0.4 is 31.9 Å². The standard InChI is InChI=1S/C46H82N6O18/c1-41(2,3)67-37(56)48-20-23-17-18-24(50-38(57)68-42(4,5)6)35(63-23)64-31-26(51-39(58)69-43(7,8)9)19-25(30(28(31)53)65-36-29(54)33(47-16)46(15,60)22-61-36)49-34(55)32-27(21-62-45(13,14)66-32)52-40(59)70-44(10,11)12/h23-33,35-36,47,53-54,60H,17-22H2,1-16H3,(H,48,56)(H,49,55)(H,50,57)(H,51,58)(H,52,59)/t23-,24?,25+,26-,27+,28?,29?,30?,31?,32-,33+,35+,36+,46?/m0/s1. The van der Waals surface area contributed by atoms with Crippen LogP contribution in [0, 0.1) is 0 Å². The lowest BCUT2D eigenvalue weighted by molar-refractivity contribution is -0.309. The number of hydrogen-bond acceptors (Lipinski definition) is 19. The van der Waals surface area contributed by atoms with Crippen molar-refractivity contribution in [2.24, 2.45) is 0 Å². The van der Waals surface area contributed by atoms with Crippen LogP contribution in [0.4, 0.5) is 19.2 Å². The minimum atomic E-state index is -1.83. The molecule has 1 saturated carbocycles. The van der Waals surface area contributed by atoms with Crippen LogP contribution in [0.3, 0.4) is 0 Å². The van der Waals surface area contributed by atoms with Crippen LogP contribution >= 0.6 is 0 Å². The van der Waals surface area contributed by atoms with Crippen molar-refractivity contribution in [3.8, 4) is 0 Å². The fraction of sp³-hybridized carbons (Fsp3) is 0.891. The predicted octanol–water partition coefficient (Wildman–Crippen LogP) is 1.92. The van der Waals surface area contributed by atoms with Crippen molar-refractivity contribution in [3.05, 3.63) is 0 Å². The topological polar surface area (TPSA) is 311 Å². The first kappa shape index (κ1) is 58.7. The quantitative estimate of drug-likeness (QED) is 0.126. The normalized spacial score (nSPS) is 34.0. The first-order valence-corrected chi connectivity index (χ1v) is 23.9. The van der Waals surface area contributed by atoms with E-state index in [0.717, 1.165) is 0 Å². The Morgan fingerprint density at radius 1 is 0.629 bits per heavy atom. The second-order valence-corrected chi connectivity index (χ2v) is 22.9. The highest BCUT2D eigenvalue weighted by molar-refractivity contribution is 5.83. The summed E-state index contributed by atoms with van der Waals surface area (Å²) in [5, 5.41) is 52.0. The Morgan fingerprint density at radius 2 is 1.10 bits per heavy atom. The molecule has 4 fully saturated rings. The van der Waals surface area contributed by atoms with Crippen LogP contribution in [-0.2, 0) is 52.2 Å². The first-order valence-electron chi connectivity index (χ1n) is 23.9. The van der Waals surface area contributed by atoms with Crippen LogP contribution in [0.2, 0.25) is 0 Å². The van der Waals surface area contributed by atoms with Gasteiger partial charge in [-0.25, -0.2) is 19.2 Å². The number of alkyl carbamates (subject to hydrolysis) is 4. The SMILES string of the molecule is CN[C@@H]1C(O)[C@@H](OC2C(O)C(O[C@H]3O[C@H](CNC(=O)OC(C)(C)C)CCC3NC(=O)OC(C)(C)C)[C@@H](NC(=O)OC(C)(C)C)C[C@H]2NC(=O)[C@H]2OC(C)(C)OC[C@H]2NC(=O)OC(C)(C)C)OCC1(C)O. The Kier molecular flexibility index (Phi) is 19.2. The van der Waals surface area contributed by atoms with Gasteiger partial charge in [0.15, 0.2) is 24.5 Å². The molecule has 0 spiro atoms. The van der Waals surface area contributed by atoms with E-state index in [2.05, 4.69) is 31.9 Å². The van der Waals surface area contributed by atoms with E-state index in [-0.39, 0.29) is 32.6 Å². The zero-order valence-electron chi connectivity index (χ0n) is 43.7. The Hall–Kier alpha value is -3.85. The van der Waals surface area contributed by atoms with Crippen LogP contribution in [0.25, 0.3) is 0 Å². The van der Waals surface area contributed by atoms with Gasteiger partial charge in [0.05, 0.1) is 49.5 Å². The lowest BCUT2D eigenvalue weighted by Crippen LogP contribution is -2.71. The highest BCUT2D eigenvalue weighted by Crippen LogP contribution is 2.34.